The van der Waals surface area contributed by atoms with E-state index in [9.17, 15) is 23.8 Å². The zero-order valence-electron chi connectivity index (χ0n) is 19.4. The molecule has 0 atom stereocenters. The quantitative estimate of drug-likeness (QED) is 0.396. The Hall–Kier alpha value is -3.32. The Labute approximate surface area is 200 Å². The predicted octanol–water partition coefficient (Wildman–Crippen LogP) is 4.59. The summed E-state index contributed by atoms with van der Waals surface area (Å²) in [5.74, 6) is 3.44. The number of nitrogens with zero attached hydrogens (tertiary/aromatic N) is 1. The summed E-state index contributed by atoms with van der Waals surface area (Å²) in [5.41, 5.74) is 3.94. The maximum Gasteiger partial charge on any atom is 0.251 e. The largest absolute Gasteiger partial charge is 0.386 e. The molecule has 0 unspecified atom stereocenters. The second kappa shape index (κ2) is 9.14. The van der Waals surface area contributed by atoms with Crippen LogP contribution >= 0.6 is 11.3 Å². The van der Waals surface area contributed by atoms with Crippen molar-refractivity contribution in [1.82, 2.24) is 4.98 Å². The Morgan fingerprint density at radius 2 is 1.74 bits per heavy atom. The molecule has 178 valence electrons. The summed E-state index contributed by atoms with van der Waals surface area (Å²) >= 11 is 0.946. The van der Waals surface area contributed by atoms with E-state index in [1.54, 1.807) is 32.9 Å². The van der Waals surface area contributed by atoms with Gasteiger partial charge in [0.05, 0.1) is 22.4 Å². The van der Waals surface area contributed by atoms with Crippen molar-refractivity contribution < 1.29 is 23.8 Å². The number of carbonyl (C=O) groups is 1. The fourth-order valence-electron chi connectivity index (χ4n) is 3.05. The summed E-state index contributed by atoms with van der Waals surface area (Å²) in [7, 11) is 0. The van der Waals surface area contributed by atoms with Crippen LogP contribution < -0.4 is 11.1 Å². The number of anilines is 2. The van der Waals surface area contributed by atoms with Crippen molar-refractivity contribution in [2.45, 2.75) is 45.8 Å². The number of halogens is 2. The van der Waals surface area contributed by atoms with Gasteiger partial charge < -0.3 is 21.3 Å². The number of hydrogen-bond acceptors (Lipinski definition) is 6. The van der Waals surface area contributed by atoms with Crippen LogP contribution in [-0.4, -0.2) is 26.7 Å². The summed E-state index contributed by atoms with van der Waals surface area (Å²) in [6, 6.07) is 6.78. The average molecular weight is 486 g/mol. The van der Waals surface area contributed by atoms with E-state index in [4.69, 9.17) is 5.73 Å². The molecule has 0 saturated carbocycles. The van der Waals surface area contributed by atoms with Gasteiger partial charge in [-0.15, -0.1) is 11.3 Å². The van der Waals surface area contributed by atoms with Gasteiger partial charge in [-0.3, -0.25) is 4.79 Å². The highest BCUT2D eigenvalue weighted by atomic mass is 32.1. The van der Waals surface area contributed by atoms with E-state index in [2.05, 4.69) is 22.1 Å². The number of aliphatic hydroxyl groups is 2. The van der Waals surface area contributed by atoms with Crippen LogP contribution in [0.4, 0.5) is 19.6 Å². The van der Waals surface area contributed by atoms with Gasteiger partial charge in [0.25, 0.3) is 5.91 Å². The molecular weight excluding hydrogens is 460 g/mol. The Morgan fingerprint density at radius 1 is 1.12 bits per heavy atom. The minimum atomic E-state index is -1.42. The molecular formula is C25H25F2N3O3S. The zero-order chi connectivity index (χ0) is 25.4. The molecule has 3 rings (SSSR count). The molecule has 2 heterocycles. The Kier molecular flexibility index (Phi) is 6.80. The predicted molar refractivity (Wildman–Crippen MR) is 129 cm³/mol. The van der Waals surface area contributed by atoms with Gasteiger partial charge in [-0.2, -0.15) is 0 Å². The maximum atomic E-state index is 14.8. The monoisotopic (exact) mass is 485 g/mol. The number of hydrogen-bond donors (Lipinski definition) is 4. The van der Waals surface area contributed by atoms with Gasteiger partial charge in [-0.25, -0.2) is 13.8 Å². The second-order valence-corrected chi connectivity index (χ2v) is 9.91. The smallest absolute Gasteiger partial charge is 0.251 e. The number of benzene rings is 1. The van der Waals surface area contributed by atoms with E-state index < -0.39 is 28.7 Å². The first-order valence-electron chi connectivity index (χ1n) is 10.3. The summed E-state index contributed by atoms with van der Waals surface area (Å²) in [6.45, 7) is 7.74. The molecule has 0 fully saturated rings. The van der Waals surface area contributed by atoms with Crippen molar-refractivity contribution in [3.05, 3.63) is 64.4 Å². The fraction of sp³-hybridized carbons (Fsp3) is 0.280. The van der Waals surface area contributed by atoms with E-state index in [1.165, 1.54) is 19.9 Å². The van der Waals surface area contributed by atoms with E-state index >= 15 is 0 Å². The first kappa shape index (κ1) is 25.3. The van der Waals surface area contributed by atoms with Crippen molar-refractivity contribution in [2.75, 3.05) is 5.32 Å². The third-order valence-electron chi connectivity index (χ3n) is 4.82. The molecule has 0 aliphatic carbocycles. The minimum Gasteiger partial charge on any atom is -0.386 e. The Bertz CT molecular complexity index is 1300. The van der Waals surface area contributed by atoms with Crippen molar-refractivity contribution in [1.29, 1.82) is 0 Å². The van der Waals surface area contributed by atoms with Gasteiger partial charge in [0.15, 0.2) is 0 Å². The zero-order valence-corrected chi connectivity index (χ0v) is 20.2. The number of aryl methyl sites for hydroxylation is 1. The lowest BCUT2D eigenvalue weighted by molar-refractivity contribution is 0.0778. The molecule has 34 heavy (non-hydrogen) atoms. The molecule has 6 nitrogen and oxygen atoms in total. The number of rotatable bonds is 5. The normalized spacial score (nSPS) is 11.7. The van der Waals surface area contributed by atoms with Gasteiger partial charge in [0, 0.05) is 10.4 Å². The Morgan fingerprint density at radius 3 is 2.24 bits per heavy atom. The molecule has 3 aromatic rings. The summed E-state index contributed by atoms with van der Waals surface area (Å²) in [4.78, 5) is 16.6. The van der Waals surface area contributed by atoms with E-state index in [0.717, 1.165) is 23.5 Å². The first-order valence-corrected chi connectivity index (χ1v) is 11.1. The molecule has 0 saturated heterocycles. The number of nitrogens with one attached hydrogen (secondary N) is 1. The number of primary amides is 1. The molecule has 0 spiro atoms. The molecule has 5 N–H and O–H groups in total. The van der Waals surface area contributed by atoms with Crippen molar-refractivity contribution in [3.8, 4) is 22.3 Å². The van der Waals surface area contributed by atoms with E-state index in [-0.39, 0.29) is 26.6 Å². The lowest BCUT2D eigenvalue weighted by atomic mass is 9.96. The SMILES string of the molecule is Cc1nc(Nc2sc(-c3c(F)cc(C(C)(C)O)cc3F)cc2C(N)=O)ccc1C#CC(C)(C)O. The number of pyridine rings is 1. The lowest BCUT2D eigenvalue weighted by Crippen LogP contribution is -2.16. The Balaban J connectivity index is 2.00. The number of carbonyl (C=O) groups excluding carboxylic acids is 1. The summed E-state index contributed by atoms with van der Waals surface area (Å²) in [5, 5.41) is 23.1. The van der Waals surface area contributed by atoms with Crippen LogP contribution in [0.5, 0.6) is 0 Å². The topological polar surface area (TPSA) is 108 Å². The molecule has 0 radical (unpaired) electrons. The van der Waals surface area contributed by atoms with Gasteiger partial charge in [-0.05, 0) is 70.5 Å². The van der Waals surface area contributed by atoms with Crippen LogP contribution in [0, 0.1) is 30.4 Å². The van der Waals surface area contributed by atoms with Gasteiger partial charge >= 0.3 is 0 Å². The second-order valence-electron chi connectivity index (χ2n) is 8.86. The van der Waals surface area contributed by atoms with Crippen LogP contribution in [-0.2, 0) is 5.60 Å². The lowest BCUT2D eigenvalue weighted by Gasteiger charge is -2.18. The molecule has 9 heteroatoms. The van der Waals surface area contributed by atoms with Crippen molar-refractivity contribution >= 4 is 28.1 Å². The first-order chi connectivity index (χ1) is 15.7. The molecule has 0 bridgehead atoms. The number of aromatic nitrogens is 1. The van der Waals surface area contributed by atoms with Gasteiger partial charge in [0.1, 0.15) is 28.1 Å². The average Bonchev–Trinajstić information content (AvgIpc) is 3.09. The van der Waals surface area contributed by atoms with Crippen molar-refractivity contribution in [2.24, 2.45) is 5.73 Å². The molecule has 0 aliphatic heterocycles. The van der Waals surface area contributed by atoms with Crippen LogP contribution in [0.15, 0.2) is 30.3 Å². The summed E-state index contributed by atoms with van der Waals surface area (Å²) in [6.07, 6.45) is 0. The third-order valence-corrected chi connectivity index (χ3v) is 5.89. The summed E-state index contributed by atoms with van der Waals surface area (Å²) < 4.78 is 29.7. The molecule has 1 amide bonds. The van der Waals surface area contributed by atoms with Gasteiger partial charge in [0.2, 0.25) is 0 Å². The highest BCUT2D eigenvalue weighted by Gasteiger charge is 2.24. The van der Waals surface area contributed by atoms with Crippen LogP contribution in [0.2, 0.25) is 0 Å². The fourth-order valence-corrected chi connectivity index (χ4v) is 4.17. The number of nitrogens with two attached hydrogens (primary N) is 1. The minimum absolute atomic E-state index is 0.0516. The van der Waals surface area contributed by atoms with Crippen LogP contribution in [0.3, 0.4) is 0 Å². The highest BCUT2D eigenvalue weighted by molar-refractivity contribution is 7.20. The standard InChI is InChI=1S/C25H25F2N3O3S/c1-13-14(8-9-24(2,3)32)6-7-20(29-13)30-23-16(22(28)31)12-19(34-23)21-17(26)10-15(11-18(21)27)25(4,5)33/h6-7,10-12,32-33H,1-5H3,(H2,28,31)(H,29,30). The maximum absolute atomic E-state index is 14.8. The number of thiophene rings is 1. The van der Waals surface area contributed by atoms with Crippen molar-refractivity contribution in [3.63, 3.8) is 0 Å². The van der Waals surface area contributed by atoms with Gasteiger partial charge in [-0.1, -0.05) is 11.8 Å². The molecule has 1 aromatic carbocycles. The number of amides is 1. The van der Waals surface area contributed by atoms with Crippen LogP contribution in [0.1, 0.15) is 54.9 Å². The third kappa shape index (κ3) is 5.78. The van der Waals surface area contributed by atoms with E-state index in [1.807, 2.05) is 0 Å². The molecule has 0 aliphatic rings. The highest BCUT2D eigenvalue weighted by Crippen LogP contribution is 2.40. The van der Waals surface area contributed by atoms with E-state index in [0.29, 0.717) is 17.1 Å². The molecule has 2 aromatic heterocycles. The van der Waals surface area contributed by atoms with Crippen LogP contribution in [0.25, 0.3) is 10.4 Å².